The minimum atomic E-state index is -0.354. The molecule has 0 aromatic heterocycles. The highest BCUT2D eigenvalue weighted by Crippen LogP contribution is 2.14. The smallest absolute Gasteiger partial charge is 0.269 e. The van der Waals surface area contributed by atoms with Gasteiger partial charge in [0, 0.05) is 18.6 Å². The molecule has 0 amide bonds. The van der Waals surface area contributed by atoms with Gasteiger partial charge in [0.1, 0.15) is 0 Å². The monoisotopic (exact) mass is 274 g/mol. The molecule has 0 N–H and O–H groups in total. The molecule has 4 nitrogen and oxygen atoms in total. The summed E-state index contributed by atoms with van der Waals surface area (Å²) < 4.78 is 0. The Morgan fingerprint density at radius 2 is 2.00 bits per heavy atom. The van der Waals surface area contributed by atoms with Crippen molar-refractivity contribution in [1.82, 2.24) is 4.90 Å². The van der Waals surface area contributed by atoms with Gasteiger partial charge in [-0.2, -0.15) is 0 Å². The molecule has 0 aliphatic heterocycles. The van der Waals surface area contributed by atoms with Crippen molar-refractivity contribution in [2.75, 3.05) is 19.6 Å². The number of nitrogens with zero attached hydrogens (tertiary/aromatic N) is 2. The van der Waals surface area contributed by atoms with Gasteiger partial charge in [0.25, 0.3) is 5.69 Å². The van der Waals surface area contributed by atoms with Crippen LogP contribution < -0.4 is 0 Å². The van der Waals surface area contributed by atoms with E-state index >= 15 is 0 Å². The third-order valence-electron chi connectivity index (χ3n) is 3.21. The SMILES string of the molecule is CCN(CC)CC#CCCCc1cccc([N+](=O)[O-])c1. The first-order valence-corrected chi connectivity index (χ1v) is 7.08. The molecule has 1 aromatic rings. The van der Waals surface area contributed by atoms with Gasteiger partial charge in [-0.25, -0.2) is 0 Å². The summed E-state index contributed by atoms with van der Waals surface area (Å²) in [6.45, 7) is 7.14. The van der Waals surface area contributed by atoms with Crippen LogP contribution in [0.4, 0.5) is 5.69 Å². The summed E-state index contributed by atoms with van der Waals surface area (Å²) in [4.78, 5) is 12.6. The van der Waals surface area contributed by atoms with Crippen LogP contribution >= 0.6 is 0 Å². The summed E-state index contributed by atoms with van der Waals surface area (Å²) in [5.74, 6) is 6.34. The zero-order valence-corrected chi connectivity index (χ0v) is 12.3. The van der Waals surface area contributed by atoms with Gasteiger partial charge in [0.2, 0.25) is 0 Å². The summed E-state index contributed by atoms with van der Waals surface area (Å²) in [7, 11) is 0. The minimum absolute atomic E-state index is 0.162. The molecule has 1 aromatic carbocycles. The number of hydrogen-bond donors (Lipinski definition) is 0. The molecule has 1 rings (SSSR count). The van der Waals surface area contributed by atoms with Gasteiger partial charge in [0.05, 0.1) is 11.5 Å². The van der Waals surface area contributed by atoms with Crippen LogP contribution in [0.25, 0.3) is 0 Å². The molecule has 4 heteroatoms. The zero-order valence-electron chi connectivity index (χ0n) is 12.3. The molecule has 0 unspecified atom stereocenters. The number of unbranched alkanes of at least 4 members (excludes halogenated alkanes) is 1. The lowest BCUT2D eigenvalue weighted by molar-refractivity contribution is -0.384. The van der Waals surface area contributed by atoms with E-state index in [1.807, 2.05) is 6.07 Å². The van der Waals surface area contributed by atoms with E-state index in [-0.39, 0.29) is 10.6 Å². The second-order valence-electron chi connectivity index (χ2n) is 4.60. The lowest BCUT2D eigenvalue weighted by Crippen LogP contribution is -2.22. The molecular weight excluding hydrogens is 252 g/mol. The van der Waals surface area contributed by atoms with Crippen LogP contribution in [0.5, 0.6) is 0 Å². The molecule has 0 spiro atoms. The maximum Gasteiger partial charge on any atom is 0.269 e. The van der Waals surface area contributed by atoms with Gasteiger partial charge < -0.3 is 0 Å². The summed E-state index contributed by atoms with van der Waals surface area (Å²) in [5, 5.41) is 10.7. The van der Waals surface area contributed by atoms with Crippen LogP contribution in [-0.4, -0.2) is 29.5 Å². The van der Waals surface area contributed by atoms with Crippen molar-refractivity contribution < 1.29 is 4.92 Å². The Morgan fingerprint density at radius 3 is 2.65 bits per heavy atom. The highest BCUT2D eigenvalue weighted by Gasteiger charge is 2.04. The van der Waals surface area contributed by atoms with Crippen molar-refractivity contribution >= 4 is 5.69 Å². The van der Waals surface area contributed by atoms with E-state index in [9.17, 15) is 10.1 Å². The molecule has 0 heterocycles. The van der Waals surface area contributed by atoms with Crippen LogP contribution in [0.3, 0.4) is 0 Å². The molecular formula is C16H22N2O2. The van der Waals surface area contributed by atoms with Gasteiger partial charge >= 0.3 is 0 Å². The Kier molecular flexibility index (Phi) is 7.38. The number of rotatable bonds is 7. The number of nitro benzene ring substituents is 1. The van der Waals surface area contributed by atoms with E-state index in [0.717, 1.165) is 44.5 Å². The maximum atomic E-state index is 10.7. The fourth-order valence-corrected chi connectivity index (χ4v) is 1.91. The lowest BCUT2D eigenvalue weighted by Gasteiger charge is -2.13. The number of non-ortho nitro benzene ring substituents is 1. The molecule has 108 valence electrons. The molecule has 0 saturated carbocycles. The number of aryl methyl sites for hydroxylation is 1. The molecule has 0 aliphatic carbocycles. The van der Waals surface area contributed by atoms with Crippen LogP contribution in [0, 0.1) is 22.0 Å². The Morgan fingerprint density at radius 1 is 1.25 bits per heavy atom. The van der Waals surface area contributed by atoms with Crippen LogP contribution in [-0.2, 0) is 6.42 Å². The van der Waals surface area contributed by atoms with Crippen LogP contribution in [0.1, 0.15) is 32.3 Å². The van der Waals surface area contributed by atoms with Gasteiger partial charge in [-0.15, -0.1) is 5.92 Å². The molecule has 0 saturated heterocycles. The van der Waals surface area contributed by atoms with E-state index < -0.39 is 0 Å². The summed E-state index contributed by atoms with van der Waals surface area (Å²) >= 11 is 0. The summed E-state index contributed by atoms with van der Waals surface area (Å²) in [6.07, 6.45) is 2.61. The van der Waals surface area contributed by atoms with Crippen molar-refractivity contribution in [3.63, 3.8) is 0 Å². The Balaban J connectivity index is 2.33. The highest BCUT2D eigenvalue weighted by molar-refractivity contribution is 5.34. The second-order valence-corrected chi connectivity index (χ2v) is 4.60. The number of benzene rings is 1. The molecule has 0 bridgehead atoms. The Bertz CT molecular complexity index is 485. The molecule has 20 heavy (non-hydrogen) atoms. The van der Waals surface area contributed by atoms with E-state index in [4.69, 9.17) is 0 Å². The summed E-state index contributed by atoms with van der Waals surface area (Å²) in [6, 6.07) is 6.83. The lowest BCUT2D eigenvalue weighted by atomic mass is 10.1. The van der Waals surface area contributed by atoms with E-state index in [1.165, 1.54) is 6.07 Å². The van der Waals surface area contributed by atoms with Crippen molar-refractivity contribution in [2.45, 2.75) is 33.1 Å². The standard InChI is InChI=1S/C16H22N2O2/c1-3-17(4-2)13-8-6-5-7-10-15-11-9-12-16(14-15)18(19)20/h9,11-12,14H,3-5,7,10,13H2,1-2H3. The van der Waals surface area contributed by atoms with Crippen molar-refractivity contribution in [1.29, 1.82) is 0 Å². The highest BCUT2D eigenvalue weighted by atomic mass is 16.6. The van der Waals surface area contributed by atoms with Gasteiger partial charge in [-0.05, 0) is 31.5 Å². The first-order chi connectivity index (χ1) is 9.67. The quantitative estimate of drug-likeness (QED) is 0.332. The molecule has 0 fully saturated rings. The largest absolute Gasteiger partial charge is 0.293 e. The van der Waals surface area contributed by atoms with Crippen LogP contribution in [0.15, 0.2) is 24.3 Å². The van der Waals surface area contributed by atoms with Gasteiger partial charge in [-0.1, -0.05) is 31.9 Å². The van der Waals surface area contributed by atoms with E-state index in [0.29, 0.717) is 0 Å². The fraction of sp³-hybridized carbons (Fsp3) is 0.500. The predicted octanol–water partition coefficient (Wildman–Crippen LogP) is 3.26. The van der Waals surface area contributed by atoms with Crippen molar-refractivity contribution in [3.05, 3.63) is 39.9 Å². The second kappa shape index (κ2) is 9.11. The normalized spacial score (nSPS) is 10.2. The number of hydrogen-bond acceptors (Lipinski definition) is 3. The summed E-state index contributed by atoms with van der Waals surface area (Å²) in [5.41, 5.74) is 1.17. The van der Waals surface area contributed by atoms with Gasteiger partial charge in [-0.3, -0.25) is 15.0 Å². The topological polar surface area (TPSA) is 46.4 Å². The van der Waals surface area contributed by atoms with Crippen molar-refractivity contribution in [3.8, 4) is 11.8 Å². The average molecular weight is 274 g/mol. The Hall–Kier alpha value is -1.86. The number of nitro groups is 1. The first kappa shape index (κ1) is 16.2. The average Bonchev–Trinajstić information content (AvgIpc) is 2.47. The fourth-order valence-electron chi connectivity index (χ4n) is 1.91. The van der Waals surface area contributed by atoms with E-state index in [2.05, 4.69) is 30.6 Å². The van der Waals surface area contributed by atoms with Crippen LogP contribution in [0.2, 0.25) is 0 Å². The minimum Gasteiger partial charge on any atom is -0.293 e. The first-order valence-electron chi connectivity index (χ1n) is 7.08. The Labute approximate surface area is 120 Å². The zero-order chi connectivity index (χ0) is 14.8. The van der Waals surface area contributed by atoms with E-state index in [1.54, 1.807) is 12.1 Å². The van der Waals surface area contributed by atoms with Gasteiger partial charge in [0.15, 0.2) is 0 Å². The predicted molar refractivity (Wildman–Crippen MR) is 81.6 cm³/mol. The molecule has 0 aliphatic rings. The molecule has 0 atom stereocenters. The molecule has 0 radical (unpaired) electrons. The maximum absolute atomic E-state index is 10.7. The van der Waals surface area contributed by atoms with Crippen molar-refractivity contribution in [2.24, 2.45) is 0 Å². The third kappa shape index (κ3) is 5.85. The third-order valence-corrected chi connectivity index (χ3v) is 3.21.